The molecular weight excluding hydrogens is 396 g/mol. The van der Waals surface area contributed by atoms with Gasteiger partial charge >= 0.3 is 12.1 Å². The minimum absolute atomic E-state index is 0.000833. The Morgan fingerprint density at radius 2 is 1.58 bits per heavy atom. The van der Waals surface area contributed by atoms with Gasteiger partial charge in [0.05, 0.1) is 32.4 Å². The van der Waals surface area contributed by atoms with Crippen LogP contribution in [0.15, 0.2) is 48.5 Å². The Hall–Kier alpha value is -2.90. The van der Waals surface area contributed by atoms with E-state index in [1.165, 1.54) is 29.4 Å². The van der Waals surface area contributed by atoms with Gasteiger partial charge < -0.3 is 19.9 Å². The van der Waals surface area contributed by atoms with Crippen LogP contribution in [0.3, 0.4) is 0 Å². The highest BCUT2D eigenvalue weighted by Crippen LogP contribution is 2.44. The number of hydrogen-bond donors (Lipinski definition) is 1. The average Bonchev–Trinajstić information content (AvgIpc) is 3.10. The first-order chi connectivity index (χ1) is 15.0. The Bertz CT molecular complexity index is 963. The van der Waals surface area contributed by atoms with Gasteiger partial charge in [-0.2, -0.15) is 0 Å². The monoisotopic (exact) mass is 422 g/mol. The minimum atomic E-state index is -1.10. The number of piperidine rings is 1. The standard InChI is InChI=1S/C24H26N2O5/c1-29-22(27)24(25)10-15-12-30-13-16(11-24)26(15)23(28)31-14-21-19-8-4-2-6-17(19)18-7-3-5-9-20(18)21/h2-9,15-16,21H,10-14,25H2,1H3. The molecule has 2 N–H and O–H groups in total. The molecule has 2 aromatic carbocycles. The highest BCUT2D eigenvalue weighted by molar-refractivity contribution is 5.82. The number of esters is 1. The second-order valence-electron chi connectivity index (χ2n) is 8.61. The number of carbonyl (C=O) groups excluding carboxylic acids is 2. The van der Waals surface area contributed by atoms with E-state index >= 15 is 0 Å². The molecule has 2 atom stereocenters. The van der Waals surface area contributed by atoms with Crippen LogP contribution in [0.5, 0.6) is 0 Å². The molecule has 0 saturated carbocycles. The van der Waals surface area contributed by atoms with Crippen molar-refractivity contribution in [2.75, 3.05) is 26.9 Å². The number of fused-ring (bicyclic) bond motifs is 5. The molecule has 0 spiro atoms. The summed E-state index contributed by atoms with van der Waals surface area (Å²) >= 11 is 0. The lowest BCUT2D eigenvalue weighted by Crippen LogP contribution is -2.68. The second-order valence-corrected chi connectivity index (χ2v) is 8.61. The summed E-state index contributed by atoms with van der Waals surface area (Å²) in [5.74, 6) is -0.447. The highest BCUT2D eigenvalue weighted by Gasteiger charge is 2.51. The van der Waals surface area contributed by atoms with E-state index in [0.29, 0.717) is 26.1 Å². The molecule has 7 nitrogen and oxygen atoms in total. The lowest BCUT2D eigenvalue weighted by Gasteiger charge is -2.50. The van der Waals surface area contributed by atoms with Crippen molar-refractivity contribution < 1.29 is 23.8 Å². The molecule has 31 heavy (non-hydrogen) atoms. The third-order valence-electron chi connectivity index (χ3n) is 6.75. The maximum atomic E-state index is 13.1. The fraction of sp³-hybridized carbons (Fsp3) is 0.417. The van der Waals surface area contributed by atoms with Crippen LogP contribution in [0.2, 0.25) is 0 Å². The van der Waals surface area contributed by atoms with E-state index in [9.17, 15) is 9.59 Å². The van der Waals surface area contributed by atoms with Crippen LogP contribution in [0.25, 0.3) is 11.1 Å². The lowest BCUT2D eigenvalue weighted by molar-refractivity contribution is -0.155. The van der Waals surface area contributed by atoms with E-state index in [2.05, 4.69) is 24.3 Å². The molecule has 5 rings (SSSR count). The van der Waals surface area contributed by atoms with Crippen LogP contribution in [0, 0.1) is 0 Å². The molecule has 1 amide bonds. The molecule has 7 heteroatoms. The predicted octanol–water partition coefficient (Wildman–Crippen LogP) is 2.67. The Balaban J connectivity index is 1.33. The van der Waals surface area contributed by atoms with Crippen molar-refractivity contribution in [2.45, 2.75) is 36.4 Å². The van der Waals surface area contributed by atoms with E-state index in [-0.39, 0.29) is 30.7 Å². The van der Waals surface area contributed by atoms with Crippen molar-refractivity contribution in [1.82, 2.24) is 4.90 Å². The summed E-state index contributed by atoms with van der Waals surface area (Å²) in [4.78, 5) is 27.1. The van der Waals surface area contributed by atoms with Crippen LogP contribution in [0.1, 0.15) is 29.9 Å². The first-order valence-corrected chi connectivity index (χ1v) is 10.6. The number of ether oxygens (including phenoxy) is 3. The van der Waals surface area contributed by atoms with Gasteiger partial charge in [0.1, 0.15) is 12.1 Å². The number of hydrogen-bond acceptors (Lipinski definition) is 6. The zero-order valence-corrected chi connectivity index (χ0v) is 17.5. The summed E-state index contributed by atoms with van der Waals surface area (Å²) in [6.07, 6.45) is 0.202. The number of nitrogens with zero attached hydrogens (tertiary/aromatic N) is 1. The summed E-state index contributed by atoms with van der Waals surface area (Å²) in [6, 6.07) is 15.9. The van der Waals surface area contributed by atoms with Gasteiger partial charge in [0.25, 0.3) is 0 Å². The van der Waals surface area contributed by atoms with Crippen molar-refractivity contribution in [3.05, 3.63) is 59.7 Å². The summed E-state index contributed by atoms with van der Waals surface area (Å²) in [5.41, 5.74) is 9.95. The number of nitrogens with two attached hydrogens (primary N) is 1. The quantitative estimate of drug-likeness (QED) is 0.765. The number of carbonyl (C=O) groups is 2. The first-order valence-electron chi connectivity index (χ1n) is 10.6. The second kappa shape index (κ2) is 7.66. The molecule has 0 aromatic heterocycles. The van der Waals surface area contributed by atoms with Gasteiger partial charge in [0.15, 0.2) is 0 Å². The van der Waals surface area contributed by atoms with Crippen molar-refractivity contribution in [3.63, 3.8) is 0 Å². The van der Waals surface area contributed by atoms with Gasteiger partial charge in [0.2, 0.25) is 0 Å². The molecule has 2 bridgehead atoms. The van der Waals surface area contributed by atoms with Crippen LogP contribution >= 0.6 is 0 Å². The fourth-order valence-corrected chi connectivity index (χ4v) is 5.37. The first kappa shape index (κ1) is 20.0. The van der Waals surface area contributed by atoms with Crippen LogP contribution in [-0.4, -0.2) is 61.5 Å². The fourth-order valence-electron chi connectivity index (χ4n) is 5.37. The van der Waals surface area contributed by atoms with Crippen LogP contribution in [0.4, 0.5) is 4.79 Å². The van der Waals surface area contributed by atoms with Gasteiger partial charge in [-0.25, -0.2) is 4.79 Å². The Morgan fingerprint density at radius 1 is 1.03 bits per heavy atom. The molecule has 2 aromatic rings. The van der Waals surface area contributed by atoms with Crippen LogP contribution in [-0.2, 0) is 19.0 Å². The zero-order chi connectivity index (χ0) is 21.6. The number of morpholine rings is 1. The molecule has 162 valence electrons. The summed E-state index contributed by atoms with van der Waals surface area (Å²) < 4.78 is 16.4. The third kappa shape index (κ3) is 3.28. The maximum absolute atomic E-state index is 13.1. The highest BCUT2D eigenvalue weighted by atomic mass is 16.6. The Morgan fingerprint density at radius 3 is 2.13 bits per heavy atom. The van der Waals surface area contributed by atoms with Crippen molar-refractivity contribution >= 4 is 12.1 Å². The number of amides is 1. The van der Waals surface area contributed by atoms with Gasteiger partial charge in [0, 0.05) is 5.92 Å². The Kier molecular flexibility index (Phi) is 4.95. The normalized spacial score (nSPS) is 26.7. The number of benzene rings is 2. The topological polar surface area (TPSA) is 91.1 Å². The van der Waals surface area contributed by atoms with Crippen molar-refractivity contribution in [3.8, 4) is 11.1 Å². The molecule has 0 radical (unpaired) electrons. The SMILES string of the molecule is COC(=O)C1(N)CC2COCC(C1)N2C(=O)OCC1c2ccccc2-c2ccccc21. The van der Waals surface area contributed by atoms with E-state index in [0.717, 1.165) is 0 Å². The molecular formula is C24H26N2O5. The predicted molar refractivity (Wildman–Crippen MR) is 113 cm³/mol. The van der Waals surface area contributed by atoms with Crippen molar-refractivity contribution in [1.29, 1.82) is 0 Å². The number of rotatable bonds is 3. The largest absolute Gasteiger partial charge is 0.468 e. The maximum Gasteiger partial charge on any atom is 0.410 e. The summed E-state index contributed by atoms with van der Waals surface area (Å²) in [5, 5.41) is 0. The van der Waals surface area contributed by atoms with Gasteiger partial charge in [-0.15, -0.1) is 0 Å². The summed E-state index contributed by atoms with van der Waals surface area (Å²) in [6.45, 7) is 0.918. The molecule has 3 aliphatic rings. The average molecular weight is 422 g/mol. The van der Waals surface area contributed by atoms with Crippen LogP contribution < -0.4 is 5.73 Å². The third-order valence-corrected chi connectivity index (χ3v) is 6.75. The lowest BCUT2D eigenvalue weighted by atomic mass is 9.79. The van der Waals surface area contributed by atoms with E-state index in [1.54, 1.807) is 4.90 Å². The van der Waals surface area contributed by atoms with Gasteiger partial charge in [-0.05, 0) is 35.1 Å². The summed E-state index contributed by atoms with van der Waals surface area (Å²) in [7, 11) is 1.33. The van der Waals surface area contributed by atoms with Gasteiger partial charge in [-0.3, -0.25) is 9.69 Å². The van der Waals surface area contributed by atoms with Crippen molar-refractivity contribution in [2.24, 2.45) is 5.73 Å². The smallest absolute Gasteiger partial charge is 0.410 e. The zero-order valence-electron chi connectivity index (χ0n) is 17.5. The molecule has 1 aliphatic carbocycles. The number of methoxy groups -OCH3 is 1. The van der Waals surface area contributed by atoms with E-state index in [1.807, 2.05) is 24.3 Å². The minimum Gasteiger partial charge on any atom is -0.468 e. The molecule has 2 heterocycles. The Labute approximate surface area is 181 Å². The van der Waals surface area contributed by atoms with E-state index in [4.69, 9.17) is 19.9 Å². The molecule has 2 fully saturated rings. The molecule has 2 unspecified atom stereocenters. The molecule has 2 aliphatic heterocycles. The van der Waals surface area contributed by atoms with E-state index < -0.39 is 11.5 Å². The van der Waals surface area contributed by atoms with Gasteiger partial charge in [-0.1, -0.05) is 48.5 Å². The molecule has 2 saturated heterocycles.